The molecule has 6 heteroatoms. The van der Waals surface area contributed by atoms with Crippen molar-refractivity contribution in [2.75, 3.05) is 33.3 Å². The van der Waals surface area contributed by atoms with Gasteiger partial charge in [-0.3, -0.25) is 9.69 Å². The Balaban J connectivity index is 1.18. The summed E-state index contributed by atoms with van der Waals surface area (Å²) in [5.74, 6) is 1.16. The molecule has 0 radical (unpaired) electrons. The maximum atomic E-state index is 12.7. The molecule has 0 saturated carbocycles. The number of nitrogens with zero attached hydrogens (tertiary/aromatic N) is 2. The molecule has 0 atom stereocenters. The van der Waals surface area contributed by atoms with Crippen molar-refractivity contribution in [1.29, 1.82) is 0 Å². The topological polar surface area (TPSA) is 48.6 Å². The fraction of sp³-hybridized carbons (Fsp3) is 0.375. The van der Waals surface area contributed by atoms with Gasteiger partial charge in [-0.25, -0.2) is 0 Å². The fourth-order valence-electron chi connectivity index (χ4n) is 4.52. The van der Waals surface area contributed by atoms with Gasteiger partial charge >= 0.3 is 0 Å². The number of carbonyl (C=O) groups is 1. The first-order valence-corrected chi connectivity index (χ1v) is 11.5. The van der Waals surface area contributed by atoms with Crippen molar-refractivity contribution in [2.24, 2.45) is 0 Å². The summed E-state index contributed by atoms with van der Waals surface area (Å²) in [5.41, 5.74) is 5.10. The van der Waals surface area contributed by atoms with Gasteiger partial charge in [-0.1, -0.05) is 6.08 Å². The van der Waals surface area contributed by atoms with Gasteiger partial charge in [0.15, 0.2) is 0 Å². The van der Waals surface area contributed by atoms with Crippen LogP contribution < -0.4 is 4.74 Å². The number of carbonyl (C=O) groups excluding carboxylic acids is 1. The summed E-state index contributed by atoms with van der Waals surface area (Å²) in [6.45, 7) is 4.36. The van der Waals surface area contributed by atoms with Crippen molar-refractivity contribution in [1.82, 2.24) is 14.8 Å². The van der Waals surface area contributed by atoms with Gasteiger partial charge in [0.1, 0.15) is 5.75 Å². The van der Waals surface area contributed by atoms with Crippen molar-refractivity contribution >= 4 is 33.7 Å². The highest BCUT2D eigenvalue weighted by Crippen LogP contribution is 2.31. The number of rotatable bonds is 5. The number of H-pyrrole nitrogens is 1. The molecular weight excluding hydrogens is 394 g/mol. The Hall–Kier alpha value is -2.57. The standard InChI is InChI=1S/C24H27N3O2S/c1-29-19-2-3-22-20(14-19)21(15-25-22)17-4-9-26(10-5-17)11-7-24(28)27-12-6-23-18(16-27)8-13-30-23/h2-4,8,13-15,25H,5-7,9-12,16H2,1H3. The normalized spacial score (nSPS) is 17.1. The van der Waals surface area contributed by atoms with Crippen molar-refractivity contribution in [3.63, 3.8) is 0 Å². The highest BCUT2D eigenvalue weighted by atomic mass is 32.1. The Bertz CT molecular complexity index is 1100. The van der Waals surface area contributed by atoms with Crippen molar-refractivity contribution < 1.29 is 9.53 Å². The molecule has 5 rings (SSSR count). The second kappa shape index (κ2) is 8.28. The molecule has 0 fully saturated rings. The third kappa shape index (κ3) is 3.77. The lowest BCUT2D eigenvalue weighted by Crippen LogP contribution is -2.38. The van der Waals surface area contributed by atoms with E-state index in [0.29, 0.717) is 6.42 Å². The summed E-state index contributed by atoms with van der Waals surface area (Å²) in [4.78, 5) is 21.9. The molecule has 156 valence electrons. The minimum absolute atomic E-state index is 0.283. The molecule has 2 aromatic heterocycles. The number of hydrogen-bond donors (Lipinski definition) is 1. The van der Waals surface area contributed by atoms with E-state index in [1.54, 1.807) is 7.11 Å². The summed E-state index contributed by atoms with van der Waals surface area (Å²) in [7, 11) is 1.70. The molecule has 0 aliphatic carbocycles. The molecule has 0 unspecified atom stereocenters. The van der Waals surface area contributed by atoms with Crippen LogP contribution in [0, 0.1) is 0 Å². The molecule has 3 aromatic rings. The van der Waals surface area contributed by atoms with E-state index in [1.165, 1.54) is 27.0 Å². The lowest BCUT2D eigenvalue weighted by Gasteiger charge is -2.29. The van der Waals surface area contributed by atoms with Gasteiger partial charge in [0.25, 0.3) is 0 Å². The van der Waals surface area contributed by atoms with Crippen LogP contribution in [0.4, 0.5) is 0 Å². The number of nitrogens with one attached hydrogen (secondary N) is 1. The third-order valence-electron chi connectivity index (χ3n) is 6.33. The molecule has 5 nitrogen and oxygen atoms in total. The largest absolute Gasteiger partial charge is 0.497 e. The van der Waals surface area contributed by atoms with Crippen LogP contribution in [0.1, 0.15) is 28.8 Å². The van der Waals surface area contributed by atoms with Gasteiger partial charge < -0.3 is 14.6 Å². The van der Waals surface area contributed by atoms with Crippen LogP contribution in [0.25, 0.3) is 16.5 Å². The minimum atomic E-state index is 0.283. The number of methoxy groups -OCH3 is 1. The van der Waals surface area contributed by atoms with Crippen LogP contribution in [0.5, 0.6) is 5.75 Å². The van der Waals surface area contributed by atoms with E-state index in [2.05, 4.69) is 45.7 Å². The molecule has 1 amide bonds. The third-order valence-corrected chi connectivity index (χ3v) is 7.35. The van der Waals surface area contributed by atoms with E-state index in [1.807, 2.05) is 22.3 Å². The van der Waals surface area contributed by atoms with Crippen molar-refractivity contribution in [3.05, 3.63) is 57.9 Å². The Morgan fingerprint density at radius 3 is 3.00 bits per heavy atom. The monoisotopic (exact) mass is 421 g/mol. The summed E-state index contributed by atoms with van der Waals surface area (Å²) in [6.07, 6.45) is 7.02. The highest BCUT2D eigenvalue weighted by Gasteiger charge is 2.22. The molecule has 1 N–H and O–H groups in total. The second-order valence-electron chi connectivity index (χ2n) is 8.08. The van der Waals surface area contributed by atoms with Crippen LogP contribution in [0.15, 0.2) is 41.9 Å². The first-order valence-electron chi connectivity index (χ1n) is 10.6. The number of fused-ring (bicyclic) bond motifs is 2. The van der Waals surface area contributed by atoms with Crippen molar-refractivity contribution in [2.45, 2.75) is 25.8 Å². The van der Waals surface area contributed by atoms with Crippen LogP contribution in [0.2, 0.25) is 0 Å². The first kappa shape index (κ1) is 19.4. The van der Waals surface area contributed by atoms with Gasteiger partial charge in [-0.2, -0.15) is 0 Å². The lowest BCUT2D eigenvalue weighted by atomic mass is 9.98. The summed E-state index contributed by atoms with van der Waals surface area (Å²) < 4.78 is 5.39. The Morgan fingerprint density at radius 2 is 2.17 bits per heavy atom. The van der Waals surface area contributed by atoms with Crippen LogP contribution in [-0.2, 0) is 17.8 Å². The summed E-state index contributed by atoms with van der Waals surface area (Å²) in [6, 6.07) is 8.32. The predicted molar refractivity (Wildman–Crippen MR) is 122 cm³/mol. The molecular formula is C24H27N3O2S. The Labute approximate surface area is 180 Å². The zero-order valence-corrected chi connectivity index (χ0v) is 18.1. The average Bonchev–Trinajstić information content (AvgIpc) is 3.43. The van der Waals surface area contributed by atoms with E-state index in [-0.39, 0.29) is 5.91 Å². The average molecular weight is 422 g/mol. The van der Waals surface area contributed by atoms with E-state index < -0.39 is 0 Å². The maximum absolute atomic E-state index is 12.7. The van der Waals surface area contributed by atoms with Crippen LogP contribution in [-0.4, -0.2) is 54.0 Å². The number of aromatic nitrogens is 1. The molecule has 4 heterocycles. The van der Waals surface area contributed by atoms with E-state index in [9.17, 15) is 4.79 Å². The first-order chi connectivity index (χ1) is 14.7. The number of ether oxygens (including phenoxy) is 1. The summed E-state index contributed by atoms with van der Waals surface area (Å²) in [5, 5.41) is 3.35. The molecule has 0 spiro atoms. The molecule has 1 aromatic carbocycles. The molecule has 0 saturated heterocycles. The van der Waals surface area contributed by atoms with Gasteiger partial charge in [0.05, 0.1) is 7.11 Å². The fourth-order valence-corrected chi connectivity index (χ4v) is 5.41. The number of thiophene rings is 1. The number of hydrogen-bond acceptors (Lipinski definition) is 4. The van der Waals surface area contributed by atoms with Gasteiger partial charge in [-0.15, -0.1) is 11.3 Å². The Morgan fingerprint density at radius 1 is 1.23 bits per heavy atom. The number of benzene rings is 1. The second-order valence-corrected chi connectivity index (χ2v) is 9.08. The van der Waals surface area contributed by atoms with E-state index in [4.69, 9.17) is 4.74 Å². The SMILES string of the molecule is COc1ccc2[nH]cc(C3=CCN(CCC(=O)N4CCc5sccc5C4)CC3)c2c1. The molecule has 0 bridgehead atoms. The predicted octanol–water partition coefficient (Wildman–Crippen LogP) is 4.30. The molecule has 2 aliphatic rings. The van der Waals surface area contributed by atoms with Crippen LogP contribution >= 0.6 is 11.3 Å². The smallest absolute Gasteiger partial charge is 0.224 e. The zero-order chi connectivity index (χ0) is 20.5. The van der Waals surface area contributed by atoms with Gasteiger partial charge in [-0.05, 0) is 53.6 Å². The number of amides is 1. The maximum Gasteiger partial charge on any atom is 0.224 e. The van der Waals surface area contributed by atoms with E-state index >= 15 is 0 Å². The highest BCUT2D eigenvalue weighted by molar-refractivity contribution is 7.10. The zero-order valence-electron chi connectivity index (χ0n) is 17.3. The minimum Gasteiger partial charge on any atom is -0.497 e. The van der Waals surface area contributed by atoms with Crippen molar-refractivity contribution in [3.8, 4) is 5.75 Å². The van der Waals surface area contributed by atoms with Gasteiger partial charge in [0.2, 0.25) is 5.91 Å². The lowest BCUT2D eigenvalue weighted by molar-refractivity contribution is -0.132. The van der Waals surface area contributed by atoms with Crippen LogP contribution in [0.3, 0.4) is 0 Å². The molecule has 2 aliphatic heterocycles. The van der Waals surface area contributed by atoms with Gasteiger partial charge in [0, 0.05) is 66.7 Å². The quantitative estimate of drug-likeness (QED) is 0.668. The molecule has 30 heavy (non-hydrogen) atoms. The summed E-state index contributed by atoms with van der Waals surface area (Å²) >= 11 is 1.81. The number of aromatic amines is 1. The Kier molecular flexibility index (Phi) is 5.35. The van der Waals surface area contributed by atoms with E-state index in [0.717, 1.165) is 56.8 Å².